The highest BCUT2D eigenvalue weighted by molar-refractivity contribution is 6.33. The van der Waals surface area contributed by atoms with E-state index in [0.29, 0.717) is 49.8 Å². The molecule has 1 heterocycles. The van der Waals surface area contributed by atoms with E-state index in [1.54, 1.807) is 67.8 Å². The molecule has 6 nitrogen and oxygen atoms in total. The van der Waals surface area contributed by atoms with Crippen LogP contribution < -0.4 is 14.8 Å². The van der Waals surface area contributed by atoms with Crippen LogP contribution in [-0.4, -0.2) is 24.6 Å². The number of amides is 1. The van der Waals surface area contributed by atoms with Crippen LogP contribution in [0.25, 0.3) is 22.6 Å². The van der Waals surface area contributed by atoms with Crippen LogP contribution in [0.1, 0.15) is 0 Å². The van der Waals surface area contributed by atoms with Gasteiger partial charge in [-0.15, -0.1) is 0 Å². The van der Waals surface area contributed by atoms with Gasteiger partial charge in [0.15, 0.2) is 12.2 Å². The minimum absolute atomic E-state index is 0.147. The summed E-state index contributed by atoms with van der Waals surface area (Å²) in [6.45, 7) is -0.147. The molecule has 0 saturated heterocycles. The summed E-state index contributed by atoms with van der Waals surface area (Å²) in [6.07, 6.45) is 0. The molecule has 30 heavy (non-hydrogen) atoms. The molecule has 0 atom stereocenters. The van der Waals surface area contributed by atoms with Gasteiger partial charge >= 0.3 is 0 Å². The number of hydrogen-bond acceptors (Lipinski definition) is 5. The summed E-state index contributed by atoms with van der Waals surface area (Å²) in [5.41, 5.74) is 2.31. The molecule has 1 N–H and O–H groups in total. The highest BCUT2D eigenvalue weighted by Crippen LogP contribution is 2.33. The first-order valence-electron chi connectivity index (χ1n) is 8.94. The minimum Gasteiger partial charge on any atom is -0.497 e. The molecule has 0 saturated carbocycles. The summed E-state index contributed by atoms with van der Waals surface area (Å²) in [5.74, 6) is 1.29. The molecular weight excluding hydrogens is 427 g/mol. The van der Waals surface area contributed by atoms with Gasteiger partial charge in [-0.1, -0.05) is 23.2 Å². The van der Waals surface area contributed by atoms with Gasteiger partial charge in [0.05, 0.1) is 17.7 Å². The first kappa shape index (κ1) is 20.1. The summed E-state index contributed by atoms with van der Waals surface area (Å²) in [7, 11) is 1.58. The molecule has 0 aliphatic heterocycles. The second-order valence-electron chi connectivity index (χ2n) is 6.34. The van der Waals surface area contributed by atoms with Crippen LogP contribution in [0.4, 0.5) is 5.69 Å². The predicted octanol–water partition coefficient (Wildman–Crippen LogP) is 5.83. The molecule has 152 valence electrons. The van der Waals surface area contributed by atoms with Crippen molar-refractivity contribution in [3.63, 3.8) is 0 Å². The maximum atomic E-state index is 12.3. The van der Waals surface area contributed by atoms with Crippen LogP contribution >= 0.6 is 23.2 Å². The van der Waals surface area contributed by atoms with Crippen LogP contribution in [-0.2, 0) is 4.79 Å². The zero-order chi connectivity index (χ0) is 21.1. The van der Waals surface area contributed by atoms with Gasteiger partial charge < -0.3 is 19.2 Å². The van der Waals surface area contributed by atoms with Crippen LogP contribution in [0.3, 0.4) is 0 Å². The number of anilines is 1. The lowest BCUT2D eigenvalue weighted by Crippen LogP contribution is -2.20. The summed E-state index contributed by atoms with van der Waals surface area (Å²) >= 11 is 12.3. The fourth-order valence-electron chi connectivity index (χ4n) is 2.80. The lowest BCUT2D eigenvalue weighted by Gasteiger charge is -2.09. The zero-order valence-corrected chi connectivity index (χ0v) is 17.3. The molecule has 0 fully saturated rings. The van der Waals surface area contributed by atoms with E-state index in [2.05, 4.69) is 10.3 Å². The third kappa shape index (κ3) is 4.50. The van der Waals surface area contributed by atoms with Gasteiger partial charge in [-0.3, -0.25) is 4.79 Å². The second-order valence-corrected chi connectivity index (χ2v) is 7.18. The van der Waals surface area contributed by atoms with Gasteiger partial charge in [0.2, 0.25) is 5.89 Å². The Balaban J connectivity index is 1.47. The highest BCUT2D eigenvalue weighted by atomic mass is 35.5. The molecule has 4 rings (SSSR count). The van der Waals surface area contributed by atoms with E-state index in [1.165, 1.54) is 0 Å². The number of rotatable bonds is 6. The lowest BCUT2D eigenvalue weighted by molar-refractivity contribution is -0.118. The van der Waals surface area contributed by atoms with Crippen LogP contribution in [0.5, 0.6) is 11.5 Å². The molecule has 0 aliphatic carbocycles. The van der Waals surface area contributed by atoms with E-state index in [1.807, 2.05) is 0 Å². The van der Waals surface area contributed by atoms with E-state index in [4.69, 9.17) is 37.1 Å². The number of carbonyl (C=O) groups is 1. The fraction of sp³-hybridized carbons (Fsp3) is 0.0909. The van der Waals surface area contributed by atoms with Gasteiger partial charge in [-0.05, 0) is 60.7 Å². The van der Waals surface area contributed by atoms with Gasteiger partial charge in [0.1, 0.15) is 17.0 Å². The average Bonchev–Trinajstić information content (AvgIpc) is 3.17. The number of methoxy groups -OCH3 is 1. The third-order valence-corrected chi connectivity index (χ3v) is 4.82. The Bertz CT molecular complexity index is 1210. The van der Waals surface area contributed by atoms with Crippen molar-refractivity contribution in [3.8, 4) is 23.0 Å². The number of ether oxygens (including phenoxy) is 2. The van der Waals surface area contributed by atoms with Crippen LogP contribution in [0, 0.1) is 0 Å². The van der Waals surface area contributed by atoms with Crippen molar-refractivity contribution < 1.29 is 18.7 Å². The summed E-state index contributed by atoms with van der Waals surface area (Å²) in [4.78, 5) is 16.7. The van der Waals surface area contributed by atoms with Crippen molar-refractivity contribution in [3.05, 3.63) is 70.7 Å². The summed E-state index contributed by atoms with van der Waals surface area (Å²) in [5, 5.41) is 3.78. The Morgan fingerprint density at radius 2 is 1.80 bits per heavy atom. The number of oxazole rings is 1. The number of halogens is 2. The molecule has 0 unspecified atom stereocenters. The predicted molar refractivity (Wildman–Crippen MR) is 117 cm³/mol. The molecule has 4 aromatic rings. The van der Waals surface area contributed by atoms with Gasteiger partial charge in [-0.25, -0.2) is 4.98 Å². The first-order valence-corrected chi connectivity index (χ1v) is 9.70. The molecule has 1 aromatic heterocycles. The average molecular weight is 443 g/mol. The number of fused-ring (bicyclic) bond motifs is 1. The number of aromatic nitrogens is 1. The van der Waals surface area contributed by atoms with Crippen molar-refractivity contribution in [2.24, 2.45) is 0 Å². The normalized spacial score (nSPS) is 10.8. The van der Waals surface area contributed by atoms with Gasteiger partial charge in [-0.2, -0.15) is 0 Å². The van der Waals surface area contributed by atoms with Crippen molar-refractivity contribution in [1.29, 1.82) is 0 Å². The standard InChI is InChI=1S/C22H16Cl2N2O4/c1-28-15-4-6-16(7-5-15)29-12-21(27)25-14-3-8-18(24)17(11-14)22-26-19-10-13(23)2-9-20(19)30-22/h2-11H,12H2,1H3,(H,25,27). The van der Waals surface area contributed by atoms with E-state index >= 15 is 0 Å². The van der Waals surface area contributed by atoms with Gasteiger partial charge in [0.25, 0.3) is 5.91 Å². The number of benzene rings is 3. The SMILES string of the molecule is COc1ccc(OCC(=O)Nc2ccc(Cl)c(-c3nc4cc(Cl)ccc4o3)c2)cc1. The molecule has 3 aromatic carbocycles. The fourth-order valence-corrected chi connectivity index (χ4v) is 3.17. The van der Waals surface area contributed by atoms with Crippen LogP contribution in [0.2, 0.25) is 10.0 Å². The Labute approximate surface area is 182 Å². The van der Waals surface area contributed by atoms with E-state index < -0.39 is 0 Å². The van der Waals surface area contributed by atoms with Gasteiger partial charge in [0, 0.05) is 10.7 Å². The number of nitrogens with zero attached hydrogens (tertiary/aromatic N) is 1. The quantitative estimate of drug-likeness (QED) is 0.406. The number of nitrogens with one attached hydrogen (secondary N) is 1. The lowest BCUT2D eigenvalue weighted by atomic mass is 10.2. The van der Waals surface area contributed by atoms with E-state index in [9.17, 15) is 4.79 Å². The molecule has 0 radical (unpaired) electrons. The molecule has 1 amide bonds. The number of hydrogen-bond donors (Lipinski definition) is 1. The molecule has 0 aliphatic rings. The first-order chi connectivity index (χ1) is 14.5. The molecule has 8 heteroatoms. The van der Waals surface area contributed by atoms with E-state index in [0.717, 1.165) is 0 Å². The van der Waals surface area contributed by atoms with Crippen molar-refractivity contribution >= 4 is 45.9 Å². The maximum Gasteiger partial charge on any atom is 0.262 e. The van der Waals surface area contributed by atoms with E-state index in [-0.39, 0.29) is 12.5 Å². The zero-order valence-electron chi connectivity index (χ0n) is 15.8. The molecular formula is C22H16Cl2N2O4. The van der Waals surface area contributed by atoms with Crippen LogP contribution in [0.15, 0.2) is 65.1 Å². The molecule has 0 spiro atoms. The maximum absolute atomic E-state index is 12.3. The van der Waals surface area contributed by atoms with Crippen molar-refractivity contribution in [1.82, 2.24) is 4.98 Å². The third-order valence-electron chi connectivity index (χ3n) is 4.26. The minimum atomic E-state index is -0.316. The highest BCUT2D eigenvalue weighted by Gasteiger charge is 2.14. The topological polar surface area (TPSA) is 73.6 Å². The van der Waals surface area contributed by atoms with Crippen molar-refractivity contribution in [2.75, 3.05) is 19.0 Å². The second kappa shape index (κ2) is 8.65. The smallest absolute Gasteiger partial charge is 0.262 e. The Morgan fingerprint density at radius 1 is 1.03 bits per heavy atom. The van der Waals surface area contributed by atoms with Crippen molar-refractivity contribution in [2.45, 2.75) is 0 Å². The Hall–Kier alpha value is -3.22. The Morgan fingerprint density at radius 3 is 2.57 bits per heavy atom. The number of carbonyl (C=O) groups excluding carboxylic acids is 1. The summed E-state index contributed by atoms with van der Waals surface area (Å²) in [6, 6.07) is 17.2. The Kier molecular flexibility index (Phi) is 5.79. The summed E-state index contributed by atoms with van der Waals surface area (Å²) < 4.78 is 16.4. The molecule has 0 bridgehead atoms. The monoisotopic (exact) mass is 442 g/mol. The largest absolute Gasteiger partial charge is 0.497 e.